The van der Waals surface area contributed by atoms with Gasteiger partial charge in [0.1, 0.15) is 23.4 Å². The van der Waals surface area contributed by atoms with Crippen molar-refractivity contribution in [1.29, 1.82) is 0 Å². The molecule has 0 N–H and O–H groups in total. The summed E-state index contributed by atoms with van der Waals surface area (Å²) in [6.45, 7) is 8.93. The smallest absolute Gasteiger partial charge is 0.316 e. The molecule has 5 atom stereocenters. The Morgan fingerprint density at radius 1 is 1.33 bits per heavy atom. The summed E-state index contributed by atoms with van der Waals surface area (Å²) in [6.07, 6.45) is 0.806. The minimum Gasteiger partial charge on any atom is -0.461 e. The third kappa shape index (κ3) is 2.83. The molecule has 5 heteroatoms. The topological polar surface area (TPSA) is 69.7 Å². The van der Waals surface area contributed by atoms with Crippen molar-refractivity contribution in [3.05, 3.63) is 0 Å². The summed E-state index contributed by atoms with van der Waals surface area (Å²) in [5.74, 6) is -2.04. The van der Waals surface area contributed by atoms with Crippen LogP contribution in [-0.4, -0.2) is 29.4 Å². The van der Waals surface area contributed by atoms with Gasteiger partial charge in [-0.25, -0.2) is 0 Å². The monoisotopic (exact) mass is 296 g/mol. The maximum Gasteiger partial charge on any atom is 0.316 e. The molecule has 21 heavy (non-hydrogen) atoms. The van der Waals surface area contributed by atoms with Crippen molar-refractivity contribution in [3.8, 4) is 0 Å². The number of ether oxygens (including phenoxy) is 2. The SMILES string of the molecule is CC(C)C(=O)C(C)C(=O)OC1CC2CC(C)(OC2=O)C1C. The highest BCUT2D eigenvalue weighted by Gasteiger charge is 2.55. The van der Waals surface area contributed by atoms with E-state index < -0.39 is 17.5 Å². The van der Waals surface area contributed by atoms with Crippen molar-refractivity contribution in [3.63, 3.8) is 0 Å². The first kappa shape index (κ1) is 16.0. The lowest BCUT2D eigenvalue weighted by Gasteiger charge is -2.38. The molecule has 2 fully saturated rings. The second-order valence-corrected chi connectivity index (χ2v) is 6.91. The van der Waals surface area contributed by atoms with Crippen LogP contribution in [0, 0.1) is 23.7 Å². The van der Waals surface area contributed by atoms with Gasteiger partial charge < -0.3 is 9.47 Å². The van der Waals surface area contributed by atoms with Crippen LogP contribution in [0.1, 0.15) is 47.5 Å². The maximum absolute atomic E-state index is 12.2. The minimum atomic E-state index is -0.763. The van der Waals surface area contributed by atoms with Crippen LogP contribution < -0.4 is 0 Å². The molecule has 2 bridgehead atoms. The third-order valence-electron chi connectivity index (χ3n) is 4.97. The quantitative estimate of drug-likeness (QED) is 0.587. The molecule has 1 aliphatic heterocycles. The minimum absolute atomic E-state index is 0.0643. The van der Waals surface area contributed by atoms with Gasteiger partial charge in [0.15, 0.2) is 0 Å². The van der Waals surface area contributed by atoms with Gasteiger partial charge in [-0.3, -0.25) is 14.4 Å². The van der Waals surface area contributed by atoms with Crippen molar-refractivity contribution in [2.24, 2.45) is 23.7 Å². The number of hydrogen-bond acceptors (Lipinski definition) is 5. The number of rotatable bonds is 4. The third-order valence-corrected chi connectivity index (χ3v) is 4.97. The molecule has 0 amide bonds. The molecule has 2 rings (SSSR count). The molecule has 2 aliphatic rings. The van der Waals surface area contributed by atoms with E-state index in [1.54, 1.807) is 20.8 Å². The Bertz CT molecular complexity index is 469. The van der Waals surface area contributed by atoms with E-state index in [2.05, 4.69) is 0 Å². The Kier molecular flexibility index (Phi) is 4.13. The lowest BCUT2D eigenvalue weighted by atomic mass is 9.73. The van der Waals surface area contributed by atoms with Gasteiger partial charge in [0, 0.05) is 18.3 Å². The van der Waals surface area contributed by atoms with E-state index in [9.17, 15) is 14.4 Å². The normalized spacial score (nSPS) is 36.3. The summed E-state index contributed by atoms with van der Waals surface area (Å²) in [5.41, 5.74) is -0.559. The van der Waals surface area contributed by atoms with Gasteiger partial charge in [-0.15, -0.1) is 0 Å². The van der Waals surface area contributed by atoms with Gasteiger partial charge in [0.25, 0.3) is 0 Å². The summed E-state index contributed by atoms with van der Waals surface area (Å²) < 4.78 is 11.0. The predicted octanol–water partition coefficient (Wildman–Crippen LogP) is 2.12. The predicted molar refractivity (Wildman–Crippen MR) is 75.3 cm³/mol. The second-order valence-electron chi connectivity index (χ2n) is 6.91. The number of esters is 2. The second kappa shape index (κ2) is 5.43. The Labute approximate surface area is 125 Å². The standard InChI is InChI=1S/C16H24O5/c1-8(2)13(17)9(3)14(18)20-12-6-11-7-16(5,10(12)4)21-15(11)19/h8-12H,6-7H2,1-5H3. The summed E-state index contributed by atoms with van der Waals surface area (Å²) >= 11 is 0. The van der Waals surface area contributed by atoms with E-state index in [4.69, 9.17) is 9.47 Å². The Morgan fingerprint density at radius 2 is 1.95 bits per heavy atom. The van der Waals surface area contributed by atoms with Crippen molar-refractivity contribution in [1.82, 2.24) is 0 Å². The van der Waals surface area contributed by atoms with Crippen LogP contribution in [0.3, 0.4) is 0 Å². The van der Waals surface area contributed by atoms with Crippen LogP contribution in [0.4, 0.5) is 0 Å². The Morgan fingerprint density at radius 3 is 2.52 bits per heavy atom. The molecule has 1 saturated heterocycles. The zero-order valence-electron chi connectivity index (χ0n) is 13.3. The van der Waals surface area contributed by atoms with Crippen molar-refractivity contribution >= 4 is 17.7 Å². The first-order chi connectivity index (χ1) is 9.65. The first-order valence-corrected chi connectivity index (χ1v) is 7.62. The molecule has 1 aliphatic carbocycles. The van der Waals surface area contributed by atoms with Crippen molar-refractivity contribution in [2.75, 3.05) is 0 Å². The lowest BCUT2D eigenvalue weighted by Crippen LogP contribution is -2.46. The van der Waals surface area contributed by atoms with E-state index in [0.29, 0.717) is 12.8 Å². The number of Topliss-reactive ketones (excluding diaryl/α,β-unsaturated/α-hetero) is 1. The number of carbonyl (C=O) groups is 3. The summed E-state index contributed by atoms with van der Waals surface area (Å²) in [4.78, 5) is 35.8. The molecule has 118 valence electrons. The zero-order valence-corrected chi connectivity index (χ0v) is 13.3. The summed E-state index contributed by atoms with van der Waals surface area (Å²) in [7, 11) is 0. The van der Waals surface area contributed by atoms with E-state index in [0.717, 1.165) is 0 Å². The van der Waals surface area contributed by atoms with Gasteiger partial charge in [-0.1, -0.05) is 20.8 Å². The highest BCUT2D eigenvalue weighted by atomic mass is 16.6. The molecular formula is C16H24O5. The Balaban J connectivity index is 2.05. The molecule has 5 nitrogen and oxygen atoms in total. The molecule has 0 aromatic rings. The zero-order chi connectivity index (χ0) is 15.9. The van der Waals surface area contributed by atoms with Crippen LogP contribution in [0.15, 0.2) is 0 Å². The molecule has 1 heterocycles. The van der Waals surface area contributed by atoms with Crippen LogP contribution >= 0.6 is 0 Å². The number of fused-ring (bicyclic) bond motifs is 2. The van der Waals surface area contributed by atoms with Crippen LogP contribution in [-0.2, 0) is 23.9 Å². The average Bonchev–Trinajstić information content (AvgIpc) is 2.66. The number of carbonyl (C=O) groups excluding carboxylic acids is 3. The molecule has 5 unspecified atom stereocenters. The highest BCUT2D eigenvalue weighted by Crippen LogP contribution is 2.47. The van der Waals surface area contributed by atoms with E-state index in [1.807, 2.05) is 13.8 Å². The molecular weight excluding hydrogens is 272 g/mol. The van der Waals surface area contributed by atoms with Crippen LogP contribution in [0.25, 0.3) is 0 Å². The fraction of sp³-hybridized carbons (Fsp3) is 0.812. The van der Waals surface area contributed by atoms with Crippen LogP contribution in [0.2, 0.25) is 0 Å². The highest BCUT2D eigenvalue weighted by molar-refractivity contribution is 5.99. The fourth-order valence-electron chi connectivity index (χ4n) is 3.28. The summed E-state index contributed by atoms with van der Waals surface area (Å²) in [6, 6.07) is 0. The van der Waals surface area contributed by atoms with Gasteiger partial charge >= 0.3 is 11.9 Å². The molecule has 0 spiro atoms. The lowest BCUT2D eigenvalue weighted by molar-refractivity contribution is -0.166. The van der Waals surface area contributed by atoms with E-state index in [1.165, 1.54) is 0 Å². The molecule has 0 aromatic heterocycles. The van der Waals surface area contributed by atoms with E-state index >= 15 is 0 Å². The molecule has 1 saturated carbocycles. The van der Waals surface area contributed by atoms with Crippen molar-refractivity contribution < 1.29 is 23.9 Å². The molecule has 0 radical (unpaired) electrons. The van der Waals surface area contributed by atoms with Crippen LogP contribution in [0.5, 0.6) is 0 Å². The number of ketones is 1. The number of hydrogen-bond donors (Lipinski definition) is 0. The first-order valence-electron chi connectivity index (χ1n) is 7.62. The Hall–Kier alpha value is -1.39. The van der Waals surface area contributed by atoms with Gasteiger partial charge in [0.05, 0.1) is 5.92 Å². The largest absolute Gasteiger partial charge is 0.461 e. The van der Waals surface area contributed by atoms with Gasteiger partial charge in [0.2, 0.25) is 0 Å². The van der Waals surface area contributed by atoms with Crippen molar-refractivity contribution in [2.45, 2.75) is 59.2 Å². The van der Waals surface area contributed by atoms with E-state index in [-0.39, 0.29) is 35.6 Å². The average molecular weight is 296 g/mol. The maximum atomic E-state index is 12.2. The van der Waals surface area contributed by atoms with Gasteiger partial charge in [-0.2, -0.15) is 0 Å². The summed E-state index contributed by atoms with van der Waals surface area (Å²) in [5, 5.41) is 0. The fourth-order valence-corrected chi connectivity index (χ4v) is 3.28. The molecule has 0 aromatic carbocycles. The van der Waals surface area contributed by atoms with Gasteiger partial charge in [-0.05, 0) is 20.3 Å².